The first kappa shape index (κ1) is 8.97. The van der Waals surface area contributed by atoms with E-state index in [1.807, 2.05) is 0 Å². The number of alkyl halides is 2. The lowest BCUT2D eigenvalue weighted by atomic mass is 10.1. The van der Waals surface area contributed by atoms with Gasteiger partial charge in [0.15, 0.2) is 0 Å². The molecule has 0 bridgehead atoms. The van der Waals surface area contributed by atoms with Crippen LogP contribution >= 0.6 is 0 Å². The van der Waals surface area contributed by atoms with Crippen LogP contribution < -0.4 is 0 Å². The van der Waals surface area contributed by atoms with Crippen molar-refractivity contribution >= 4 is 0 Å². The lowest BCUT2D eigenvalue weighted by Crippen LogP contribution is -2.10. The molecule has 12 heavy (non-hydrogen) atoms. The Morgan fingerprint density at radius 2 is 1.75 bits per heavy atom. The molecule has 0 amide bonds. The van der Waals surface area contributed by atoms with Crippen LogP contribution in [-0.2, 0) is 5.92 Å². The molecule has 1 rings (SSSR count). The third-order valence-corrected chi connectivity index (χ3v) is 1.73. The molecule has 0 aliphatic rings. The summed E-state index contributed by atoms with van der Waals surface area (Å²) in [7, 11) is 0. The first-order valence-electron chi connectivity index (χ1n) is 3.73. The third kappa shape index (κ3) is 1.72. The van der Waals surface area contributed by atoms with Gasteiger partial charge in [0, 0.05) is 12.0 Å². The second kappa shape index (κ2) is 3.09. The zero-order valence-corrected chi connectivity index (χ0v) is 6.72. The largest absolute Gasteiger partial charge is 0.508 e. The Morgan fingerprint density at radius 1 is 1.25 bits per heavy atom. The number of aromatic hydroxyl groups is 1. The van der Waals surface area contributed by atoms with Crippen molar-refractivity contribution in [2.45, 2.75) is 19.3 Å². The van der Waals surface area contributed by atoms with Gasteiger partial charge in [0.05, 0.1) is 0 Å². The quantitative estimate of drug-likeness (QED) is 0.727. The van der Waals surface area contributed by atoms with Crippen LogP contribution in [0.15, 0.2) is 24.3 Å². The van der Waals surface area contributed by atoms with E-state index in [0.29, 0.717) is 0 Å². The lowest BCUT2D eigenvalue weighted by molar-refractivity contribution is -0.00830. The molecule has 1 aromatic carbocycles. The lowest BCUT2D eigenvalue weighted by Gasteiger charge is -2.13. The van der Waals surface area contributed by atoms with Gasteiger partial charge in [-0.05, 0) is 24.3 Å². The van der Waals surface area contributed by atoms with Gasteiger partial charge in [-0.15, -0.1) is 0 Å². The molecule has 0 aromatic heterocycles. The minimum Gasteiger partial charge on any atom is -0.508 e. The molecule has 0 saturated heterocycles. The van der Waals surface area contributed by atoms with Gasteiger partial charge in [0.2, 0.25) is 0 Å². The van der Waals surface area contributed by atoms with E-state index in [4.69, 9.17) is 5.11 Å². The number of halogens is 2. The summed E-state index contributed by atoms with van der Waals surface area (Å²) in [5.41, 5.74) is -0.0530. The summed E-state index contributed by atoms with van der Waals surface area (Å²) in [4.78, 5) is 0. The minimum absolute atomic E-state index is 0.00523. The number of phenolic OH excluding ortho intramolecular Hbond substituents is 1. The highest BCUT2D eigenvalue weighted by Gasteiger charge is 2.28. The molecular formula is C9H10F2O. The monoisotopic (exact) mass is 172 g/mol. The number of hydrogen-bond acceptors (Lipinski definition) is 1. The molecule has 1 N–H and O–H groups in total. The highest BCUT2D eigenvalue weighted by molar-refractivity contribution is 5.28. The Kier molecular flexibility index (Phi) is 2.31. The van der Waals surface area contributed by atoms with E-state index >= 15 is 0 Å². The molecule has 0 heterocycles. The van der Waals surface area contributed by atoms with Crippen LogP contribution in [0.2, 0.25) is 0 Å². The van der Waals surface area contributed by atoms with Crippen LogP contribution in [0, 0.1) is 0 Å². The summed E-state index contributed by atoms with van der Waals surface area (Å²) < 4.78 is 25.9. The summed E-state index contributed by atoms with van der Waals surface area (Å²) in [6.45, 7) is 1.42. The first-order valence-corrected chi connectivity index (χ1v) is 3.73. The van der Waals surface area contributed by atoms with Gasteiger partial charge in [-0.25, -0.2) is 8.78 Å². The molecule has 0 unspecified atom stereocenters. The third-order valence-electron chi connectivity index (χ3n) is 1.73. The number of benzene rings is 1. The van der Waals surface area contributed by atoms with Gasteiger partial charge in [0.25, 0.3) is 5.92 Å². The van der Waals surface area contributed by atoms with Crippen LogP contribution in [0.1, 0.15) is 18.9 Å². The van der Waals surface area contributed by atoms with Crippen molar-refractivity contribution < 1.29 is 13.9 Å². The van der Waals surface area contributed by atoms with Gasteiger partial charge in [-0.1, -0.05) is 6.92 Å². The predicted octanol–water partition coefficient (Wildman–Crippen LogP) is 2.89. The fourth-order valence-electron chi connectivity index (χ4n) is 0.909. The highest BCUT2D eigenvalue weighted by Crippen LogP contribution is 2.31. The topological polar surface area (TPSA) is 20.2 Å². The Bertz CT molecular complexity index is 254. The molecule has 0 fully saturated rings. The molecule has 0 saturated carbocycles. The van der Waals surface area contributed by atoms with Crippen molar-refractivity contribution in [1.82, 2.24) is 0 Å². The average molecular weight is 172 g/mol. The van der Waals surface area contributed by atoms with E-state index in [-0.39, 0.29) is 17.7 Å². The van der Waals surface area contributed by atoms with E-state index in [1.54, 1.807) is 0 Å². The molecule has 0 radical (unpaired) electrons. The molecule has 0 aliphatic heterocycles. The van der Waals surface area contributed by atoms with Crippen molar-refractivity contribution in [3.63, 3.8) is 0 Å². The van der Waals surface area contributed by atoms with E-state index in [2.05, 4.69) is 0 Å². The van der Waals surface area contributed by atoms with E-state index < -0.39 is 5.92 Å². The van der Waals surface area contributed by atoms with Crippen molar-refractivity contribution in [3.8, 4) is 5.75 Å². The van der Waals surface area contributed by atoms with Gasteiger partial charge in [-0.3, -0.25) is 0 Å². The average Bonchev–Trinajstić information content (AvgIpc) is 2.05. The van der Waals surface area contributed by atoms with Gasteiger partial charge < -0.3 is 5.11 Å². The standard InChI is InChI=1S/C9H10F2O/c1-2-9(10,11)7-3-5-8(12)6-4-7/h3-6,12H,2H2,1H3. The molecule has 0 aliphatic carbocycles. The summed E-state index contributed by atoms with van der Waals surface area (Å²) in [5.74, 6) is -2.78. The number of phenols is 1. The van der Waals surface area contributed by atoms with Crippen molar-refractivity contribution in [2.75, 3.05) is 0 Å². The summed E-state index contributed by atoms with van der Waals surface area (Å²) in [6.07, 6.45) is -0.224. The Labute approximate surface area is 69.7 Å². The second-order valence-corrected chi connectivity index (χ2v) is 2.60. The van der Waals surface area contributed by atoms with Crippen LogP contribution in [-0.4, -0.2) is 5.11 Å². The maximum absolute atomic E-state index is 12.9. The predicted molar refractivity (Wildman–Crippen MR) is 42.3 cm³/mol. The fraction of sp³-hybridized carbons (Fsp3) is 0.333. The maximum atomic E-state index is 12.9. The van der Waals surface area contributed by atoms with Crippen LogP contribution in [0.25, 0.3) is 0 Å². The van der Waals surface area contributed by atoms with Crippen molar-refractivity contribution in [3.05, 3.63) is 29.8 Å². The Balaban J connectivity index is 2.96. The Hall–Kier alpha value is -1.12. The van der Waals surface area contributed by atoms with E-state index in [9.17, 15) is 8.78 Å². The van der Waals surface area contributed by atoms with E-state index in [1.165, 1.54) is 31.2 Å². The first-order chi connectivity index (χ1) is 5.56. The zero-order valence-electron chi connectivity index (χ0n) is 6.72. The summed E-state index contributed by atoms with van der Waals surface area (Å²) in [5, 5.41) is 8.85. The Morgan fingerprint density at radius 3 is 2.17 bits per heavy atom. The van der Waals surface area contributed by atoms with Crippen molar-refractivity contribution in [1.29, 1.82) is 0 Å². The van der Waals surface area contributed by atoms with Crippen LogP contribution in [0.4, 0.5) is 8.78 Å². The summed E-state index contributed by atoms with van der Waals surface area (Å²) in [6, 6.07) is 5.00. The maximum Gasteiger partial charge on any atom is 0.273 e. The van der Waals surface area contributed by atoms with Crippen molar-refractivity contribution in [2.24, 2.45) is 0 Å². The second-order valence-electron chi connectivity index (χ2n) is 2.60. The van der Waals surface area contributed by atoms with Gasteiger partial charge >= 0.3 is 0 Å². The smallest absolute Gasteiger partial charge is 0.273 e. The molecule has 0 spiro atoms. The van der Waals surface area contributed by atoms with Crippen LogP contribution in [0.5, 0.6) is 5.75 Å². The van der Waals surface area contributed by atoms with Crippen LogP contribution in [0.3, 0.4) is 0 Å². The zero-order chi connectivity index (χ0) is 9.19. The number of rotatable bonds is 2. The molecule has 0 atom stereocenters. The molecule has 1 nitrogen and oxygen atoms in total. The minimum atomic E-state index is -2.78. The molecule has 1 aromatic rings. The molecule has 66 valence electrons. The summed E-state index contributed by atoms with van der Waals surface area (Å²) >= 11 is 0. The van der Waals surface area contributed by atoms with Gasteiger partial charge in [0.1, 0.15) is 5.75 Å². The highest BCUT2D eigenvalue weighted by atomic mass is 19.3. The fourth-order valence-corrected chi connectivity index (χ4v) is 0.909. The molecular weight excluding hydrogens is 162 g/mol. The molecule has 3 heteroatoms. The SMILES string of the molecule is CCC(F)(F)c1ccc(O)cc1. The number of hydrogen-bond donors (Lipinski definition) is 1. The van der Waals surface area contributed by atoms with Gasteiger partial charge in [-0.2, -0.15) is 0 Å². The van der Waals surface area contributed by atoms with E-state index in [0.717, 1.165) is 0 Å². The normalized spacial score (nSPS) is 11.6.